The second-order valence-corrected chi connectivity index (χ2v) is 7.25. The van der Waals surface area contributed by atoms with Crippen molar-refractivity contribution in [3.63, 3.8) is 0 Å². The van der Waals surface area contributed by atoms with Crippen LogP contribution in [0.1, 0.15) is 71.2 Å². The molecule has 0 saturated heterocycles. The summed E-state index contributed by atoms with van der Waals surface area (Å²) in [6.07, 6.45) is 0. The lowest BCUT2D eigenvalue weighted by Crippen LogP contribution is -2.19. The molecular weight excluding hydrogens is 258 g/mol. The van der Waals surface area contributed by atoms with E-state index in [0.717, 1.165) is 16.7 Å². The first-order valence-corrected chi connectivity index (χ1v) is 6.58. The predicted molar refractivity (Wildman–Crippen MR) is 85.4 cm³/mol. The van der Waals surface area contributed by atoms with E-state index in [1.807, 2.05) is 19.1 Å². The minimum atomic E-state index is -0.0883. The van der Waals surface area contributed by atoms with Gasteiger partial charge in [-0.2, -0.15) is 0 Å². The average Bonchev–Trinajstić information content (AvgIpc) is 2.13. The zero-order valence-corrected chi connectivity index (χ0v) is 14.0. The summed E-state index contributed by atoms with van der Waals surface area (Å²) in [7, 11) is 0. The summed E-state index contributed by atoms with van der Waals surface area (Å²) in [5.74, 6) is 0.416. The molecule has 3 heteroatoms. The molecule has 0 aliphatic carbocycles. The second kappa shape index (κ2) is 5.72. The van der Waals surface area contributed by atoms with Crippen LogP contribution in [0.25, 0.3) is 0 Å². The number of benzene rings is 1. The summed E-state index contributed by atoms with van der Waals surface area (Å²) < 4.78 is 0. The molecule has 0 fully saturated rings. The third-order valence-electron chi connectivity index (χ3n) is 3.27. The monoisotopic (exact) mass is 285 g/mol. The lowest BCUT2D eigenvalue weighted by atomic mass is 9.78. The third kappa shape index (κ3) is 4.12. The molecule has 0 saturated carbocycles. The standard InChI is InChI=1S/C16H27NO.ClH/c1-10(17)11-8-12(15(2,3)4)14(18)13(9-11)16(5,6)7;/h8-10,18H,17H2,1-7H3;1H. The van der Waals surface area contributed by atoms with Gasteiger partial charge in [-0.25, -0.2) is 0 Å². The Labute approximate surface area is 123 Å². The van der Waals surface area contributed by atoms with Gasteiger partial charge in [-0.15, -0.1) is 12.4 Å². The molecule has 0 aliphatic rings. The molecule has 0 bridgehead atoms. The number of hydrogen-bond donors (Lipinski definition) is 2. The Morgan fingerprint density at radius 2 is 1.26 bits per heavy atom. The van der Waals surface area contributed by atoms with Gasteiger partial charge in [0.25, 0.3) is 0 Å². The van der Waals surface area contributed by atoms with Gasteiger partial charge < -0.3 is 10.8 Å². The van der Waals surface area contributed by atoms with Gasteiger partial charge in [-0.05, 0) is 34.4 Å². The summed E-state index contributed by atoms with van der Waals surface area (Å²) in [5, 5.41) is 10.5. The molecule has 2 nitrogen and oxygen atoms in total. The van der Waals surface area contributed by atoms with Gasteiger partial charge in [-0.1, -0.05) is 53.7 Å². The highest BCUT2D eigenvalue weighted by molar-refractivity contribution is 5.85. The Balaban J connectivity index is 0.00000324. The second-order valence-electron chi connectivity index (χ2n) is 7.25. The van der Waals surface area contributed by atoms with E-state index >= 15 is 0 Å². The largest absolute Gasteiger partial charge is 0.507 e. The first-order valence-electron chi connectivity index (χ1n) is 6.58. The number of halogens is 1. The molecule has 19 heavy (non-hydrogen) atoms. The van der Waals surface area contributed by atoms with E-state index in [4.69, 9.17) is 5.73 Å². The first-order chi connectivity index (χ1) is 7.94. The fourth-order valence-corrected chi connectivity index (χ4v) is 2.06. The molecule has 0 spiro atoms. The fraction of sp³-hybridized carbons (Fsp3) is 0.625. The van der Waals surface area contributed by atoms with E-state index in [-0.39, 0.29) is 29.3 Å². The maximum Gasteiger partial charge on any atom is 0.123 e. The Kier molecular flexibility index (Phi) is 5.50. The summed E-state index contributed by atoms with van der Waals surface area (Å²) in [6, 6.07) is 4.05. The SMILES string of the molecule is CC(N)c1cc(C(C)(C)C)c(O)c(C(C)(C)C)c1.Cl. The molecule has 1 atom stereocenters. The zero-order chi connectivity index (χ0) is 14.3. The van der Waals surface area contributed by atoms with E-state index in [9.17, 15) is 5.11 Å². The van der Waals surface area contributed by atoms with Crippen molar-refractivity contribution in [1.82, 2.24) is 0 Å². The highest BCUT2D eigenvalue weighted by Crippen LogP contribution is 2.40. The lowest BCUT2D eigenvalue weighted by molar-refractivity contribution is 0.422. The number of nitrogens with two attached hydrogens (primary N) is 1. The number of rotatable bonds is 1. The van der Waals surface area contributed by atoms with E-state index < -0.39 is 0 Å². The smallest absolute Gasteiger partial charge is 0.123 e. The van der Waals surface area contributed by atoms with Crippen molar-refractivity contribution in [3.8, 4) is 5.75 Å². The Bertz CT molecular complexity index is 404. The van der Waals surface area contributed by atoms with Crippen LogP contribution in [0.4, 0.5) is 0 Å². The molecule has 0 aromatic heterocycles. The van der Waals surface area contributed by atoms with Gasteiger partial charge in [0.1, 0.15) is 5.75 Å². The van der Waals surface area contributed by atoms with Gasteiger partial charge in [0, 0.05) is 6.04 Å². The number of phenolic OH excluding ortho intramolecular Hbond substituents is 1. The number of hydrogen-bond acceptors (Lipinski definition) is 2. The minimum absolute atomic E-state index is 0. The molecule has 0 radical (unpaired) electrons. The van der Waals surface area contributed by atoms with Crippen molar-refractivity contribution < 1.29 is 5.11 Å². The van der Waals surface area contributed by atoms with Crippen LogP contribution in [-0.4, -0.2) is 5.11 Å². The molecule has 0 amide bonds. The predicted octanol–water partition coefficient (Wildman–Crippen LogP) is 4.43. The molecule has 110 valence electrons. The van der Waals surface area contributed by atoms with Gasteiger partial charge in [0.2, 0.25) is 0 Å². The molecule has 1 unspecified atom stereocenters. The highest BCUT2D eigenvalue weighted by atomic mass is 35.5. The average molecular weight is 286 g/mol. The molecule has 1 aromatic rings. The molecular formula is C16H28ClNO. The van der Waals surface area contributed by atoms with Crippen LogP contribution >= 0.6 is 12.4 Å². The van der Waals surface area contributed by atoms with Crippen LogP contribution in [0.3, 0.4) is 0 Å². The van der Waals surface area contributed by atoms with Gasteiger partial charge in [0.15, 0.2) is 0 Å². The van der Waals surface area contributed by atoms with Crippen LogP contribution in [0.5, 0.6) is 5.75 Å². The van der Waals surface area contributed by atoms with Crippen LogP contribution < -0.4 is 5.73 Å². The Morgan fingerprint density at radius 3 is 1.47 bits per heavy atom. The van der Waals surface area contributed by atoms with Crippen molar-refractivity contribution in [1.29, 1.82) is 0 Å². The van der Waals surface area contributed by atoms with Crippen LogP contribution in [-0.2, 0) is 10.8 Å². The summed E-state index contributed by atoms with van der Waals surface area (Å²) in [6.45, 7) is 14.6. The molecule has 0 heterocycles. The molecule has 1 aromatic carbocycles. The number of phenols is 1. The fourth-order valence-electron chi connectivity index (χ4n) is 2.06. The quantitative estimate of drug-likeness (QED) is 0.802. The van der Waals surface area contributed by atoms with E-state index in [0.29, 0.717) is 5.75 Å². The van der Waals surface area contributed by atoms with Crippen molar-refractivity contribution >= 4 is 12.4 Å². The molecule has 3 N–H and O–H groups in total. The van der Waals surface area contributed by atoms with E-state index in [2.05, 4.69) is 41.5 Å². The third-order valence-corrected chi connectivity index (χ3v) is 3.27. The minimum Gasteiger partial charge on any atom is -0.507 e. The number of aromatic hydroxyl groups is 1. The van der Waals surface area contributed by atoms with Crippen LogP contribution in [0, 0.1) is 0 Å². The van der Waals surface area contributed by atoms with Crippen LogP contribution in [0.15, 0.2) is 12.1 Å². The van der Waals surface area contributed by atoms with Crippen molar-refractivity contribution in [2.24, 2.45) is 5.73 Å². The molecule has 0 aliphatic heterocycles. The van der Waals surface area contributed by atoms with Crippen molar-refractivity contribution in [2.45, 2.75) is 65.3 Å². The molecule has 1 rings (SSSR count). The zero-order valence-electron chi connectivity index (χ0n) is 13.2. The van der Waals surface area contributed by atoms with E-state index in [1.165, 1.54) is 0 Å². The van der Waals surface area contributed by atoms with Crippen LogP contribution in [0.2, 0.25) is 0 Å². The summed E-state index contributed by atoms with van der Waals surface area (Å²) >= 11 is 0. The van der Waals surface area contributed by atoms with Crippen molar-refractivity contribution in [3.05, 3.63) is 28.8 Å². The normalized spacial score (nSPS) is 13.9. The first kappa shape index (κ1) is 18.3. The summed E-state index contributed by atoms with van der Waals surface area (Å²) in [4.78, 5) is 0. The Morgan fingerprint density at radius 1 is 0.947 bits per heavy atom. The van der Waals surface area contributed by atoms with Gasteiger partial charge >= 0.3 is 0 Å². The topological polar surface area (TPSA) is 46.2 Å². The Hall–Kier alpha value is -0.730. The highest BCUT2D eigenvalue weighted by Gasteiger charge is 2.26. The maximum atomic E-state index is 10.5. The van der Waals surface area contributed by atoms with Gasteiger partial charge in [-0.3, -0.25) is 0 Å². The van der Waals surface area contributed by atoms with Gasteiger partial charge in [0.05, 0.1) is 0 Å². The van der Waals surface area contributed by atoms with E-state index in [1.54, 1.807) is 0 Å². The van der Waals surface area contributed by atoms with Crippen molar-refractivity contribution in [2.75, 3.05) is 0 Å². The summed E-state index contributed by atoms with van der Waals surface area (Å²) in [5.41, 5.74) is 8.86. The lowest BCUT2D eigenvalue weighted by Gasteiger charge is -2.28. The maximum absolute atomic E-state index is 10.5.